The molecule has 0 radical (unpaired) electrons. The van der Waals surface area contributed by atoms with Gasteiger partial charge in [-0.05, 0) is 25.3 Å². The van der Waals surface area contributed by atoms with Crippen LogP contribution in [0.15, 0.2) is 24.7 Å². The van der Waals surface area contributed by atoms with Crippen LogP contribution in [0.1, 0.15) is 48.4 Å². The van der Waals surface area contributed by atoms with Crippen LogP contribution < -0.4 is 0 Å². The zero-order valence-corrected chi connectivity index (χ0v) is 16.4. The molecule has 2 saturated heterocycles. The molecule has 5 rings (SSSR count). The fourth-order valence-electron chi connectivity index (χ4n) is 4.80. The van der Waals surface area contributed by atoms with Crippen LogP contribution in [-0.4, -0.2) is 73.6 Å². The van der Waals surface area contributed by atoms with Crippen molar-refractivity contribution in [3.8, 4) is 0 Å². The number of aromatic nitrogens is 4. The molecule has 2 aromatic heterocycles. The number of imidazole rings is 1. The molecule has 1 N–H and O–H groups in total. The highest BCUT2D eigenvalue weighted by atomic mass is 16.5. The zero-order chi connectivity index (χ0) is 19.8. The van der Waals surface area contributed by atoms with Gasteiger partial charge in [0.25, 0.3) is 11.8 Å². The van der Waals surface area contributed by atoms with E-state index >= 15 is 0 Å². The van der Waals surface area contributed by atoms with Crippen LogP contribution in [0.3, 0.4) is 0 Å². The van der Waals surface area contributed by atoms with E-state index in [1.165, 1.54) is 6.42 Å². The Labute approximate surface area is 169 Å². The summed E-state index contributed by atoms with van der Waals surface area (Å²) in [4.78, 5) is 34.1. The maximum Gasteiger partial charge on any atom is 0.271 e. The number of carbonyl (C=O) groups excluding carboxylic acids is 2. The minimum absolute atomic E-state index is 0.0579. The van der Waals surface area contributed by atoms with Crippen molar-refractivity contribution >= 4 is 11.8 Å². The van der Waals surface area contributed by atoms with Crippen molar-refractivity contribution < 1.29 is 14.3 Å². The highest BCUT2D eigenvalue weighted by molar-refractivity contribution is 5.92. The van der Waals surface area contributed by atoms with E-state index in [0.29, 0.717) is 38.2 Å². The Morgan fingerprint density at radius 1 is 1.07 bits per heavy atom. The molecule has 29 heavy (non-hydrogen) atoms. The Kier molecular flexibility index (Phi) is 4.61. The van der Waals surface area contributed by atoms with Gasteiger partial charge in [0, 0.05) is 57.6 Å². The van der Waals surface area contributed by atoms with Crippen LogP contribution in [0, 0.1) is 0 Å². The Balaban J connectivity index is 1.34. The molecule has 0 unspecified atom stereocenters. The lowest BCUT2D eigenvalue weighted by Crippen LogP contribution is -2.55. The first kappa shape index (κ1) is 18.4. The maximum absolute atomic E-state index is 13.1. The minimum Gasteiger partial charge on any atom is -0.352 e. The van der Waals surface area contributed by atoms with Gasteiger partial charge in [0.05, 0.1) is 6.54 Å². The quantitative estimate of drug-likeness (QED) is 0.819. The number of H-pyrrole nitrogens is 1. The van der Waals surface area contributed by atoms with Gasteiger partial charge >= 0.3 is 0 Å². The predicted octanol–water partition coefficient (Wildman–Crippen LogP) is 1.15. The summed E-state index contributed by atoms with van der Waals surface area (Å²) in [6.07, 6.45) is 9.33. The molecule has 2 amide bonds. The third kappa shape index (κ3) is 3.23. The van der Waals surface area contributed by atoms with Gasteiger partial charge in [0.1, 0.15) is 17.1 Å². The first-order chi connectivity index (χ1) is 14.2. The number of piperidine rings is 2. The van der Waals surface area contributed by atoms with Crippen molar-refractivity contribution in [2.75, 3.05) is 26.2 Å². The van der Waals surface area contributed by atoms with Crippen LogP contribution in [-0.2, 0) is 21.7 Å². The van der Waals surface area contributed by atoms with Gasteiger partial charge in [-0.1, -0.05) is 0 Å². The number of nitrogens with one attached hydrogen (secondary N) is 1. The van der Waals surface area contributed by atoms with Crippen molar-refractivity contribution in [1.82, 2.24) is 29.5 Å². The lowest BCUT2D eigenvalue weighted by molar-refractivity contribution is -0.180. The van der Waals surface area contributed by atoms with Gasteiger partial charge in [-0.25, -0.2) is 4.98 Å². The smallest absolute Gasteiger partial charge is 0.271 e. The van der Waals surface area contributed by atoms with E-state index < -0.39 is 11.7 Å². The molecule has 9 heteroatoms. The van der Waals surface area contributed by atoms with E-state index in [1.54, 1.807) is 18.5 Å². The summed E-state index contributed by atoms with van der Waals surface area (Å²) in [5, 5.41) is 6.60. The number of likely N-dealkylation sites (tertiary alicyclic amines) is 2. The van der Waals surface area contributed by atoms with E-state index in [4.69, 9.17) is 4.74 Å². The standard InChI is InChI=1S/C20H26N6O3/c27-17(15-4-7-22-23-15)25-11-5-20(6-12-25)19-21-8-13-26(19)14-16(29-20)18(28)24-9-2-1-3-10-24/h4,7-8,13,16H,1-3,5-6,9-12,14H2,(H,22,23)/t16-/m0/s1. The summed E-state index contributed by atoms with van der Waals surface area (Å²) in [7, 11) is 0. The Bertz CT molecular complexity index is 878. The Hall–Kier alpha value is -2.68. The topological polar surface area (TPSA) is 96.3 Å². The van der Waals surface area contributed by atoms with E-state index in [9.17, 15) is 9.59 Å². The van der Waals surface area contributed by atoms with Crippen molar-refractivity contribution in [2.24, 2.45) is 0 Å². The van der Waals surface area contributed by atoms with E-state index in [1.807, 2.05) is 16.0 Å². The number of fused-ring (bicyclic) bond motifs is 2. The highest BCUT2D eigenvalue weighted by Gasteiger charge is 2.48. The average molecular weight is 398 g/mol. The maximum atomic E-state index is 13.1. The molecule has 2 aromatic rings. The van der Waals surface area contributed by atoms with Crippen LogP contribution in [0.2, 0.25) is 0 Å². The highest BCUT2D eigenvalue weighted by Crippen LogP contribution is 2.40. The van der Waals surface area contributed by atoms with Crippen molar-refractivity contribution in [2.45, 2.75) is 50.4 Å². The minimum atomic E-state index is -0.622. The number of rotatable bonds is 2. The average Bonchev–Trinajstić information content (AvgIpc) is 3.46. The molecule has 9 nitrogen and oxygen atoms in total. The molecule has 0 aromatic carbocycles. The summed E-state index contributed by atoms with van der Waals surface area (Å²) in [5.41, 5.74) is -0.131. The molecular weight excluding hydrogens is 372 g/mol. The van der Waals surface area contributed by atoms with Gasteiger partial charge in [-0.3, -0.25) is 14.7 Å². The van der Waals surface area contributed by atoms with Crippen LogP contribution in [0.4, 0.5) is 0 Å². The molecule has 1 atom stereocenters. The second-order valence-corrected chi connectivity index (χ2v) is 8.15. The second-order valence-electron chi connectivity index (χ2n) is 8.15. The van der Waals surface area contributed by atoms with Gasteiger partial charge < -0.3 is 19.1 Å². The molecule has 3 aliphatic heterocycles. The molecule has 0 aliphatic carbocycles. The molecule has 0 saturated carbocycles. The number of ether oxygens (including phenoxy) is 1. The first-order valence-electron chi connectivity index (χ1n) is 10.4. The second kappa shape index (κ2) is 7.29. The molecule has 0 bridgehead atoms. The summed E-state index contributed by atoms with van der Waals surface area (Å²) < 4.78 is 8.56. The summed E-state index contributed by atoms with van der Waals surface area (Å²) in [6.45, 7) is 3.23. The van der Waals surface area contributed by atoms with Crippen molar-refractivity contribution in [3.05, 3.63) is 36.2 Å². The molecule has 3 aliphatic rings. The third-order valence-corrected chi connectivity index (χ3v) is 6.39. The third-order valence-electron chi connectivity index (χ3n) is 6.39. The molecular formula is C20H26N6O3. The van der Waals surface area contributed by atoms with Crippen LogP contribution in [0.25, 0.3) is 0 Å². The summed E-state index contributed by atoms with van der Waals surface area (Å²) in [6, 6.07) is 1.68. The number of carbonyl (C=O) groups is 2. The Morgan fingerprint density at radius 2 is 1.86 bits per heavy atom. The van der Waals surface area contributed by atoms with E-state index in [0.717, 1.165) is 31.8 Å². The fraction of sp³-hybridized carbons (Fsp3) is 0.600. The van der Waals surface area contributed by atoms with Gasteiger partial charge in [0.15, 0.2) is 6.10 Å². The lowest BCUT2D eigenvalue weighted by Gasteiger charge is -2.46. The number of nitrogens with zero attached hydrogens (tertiary/aromatic N) is 5. The normalized spacial score (nSPS) is 23.8. The monoisotopic (exact) mass is 398 g/mol. The molecule has 5 heterocycles. The largest absolute Gasteiger partial charge is 0.352 e. The number of amides is 2. The molecule has 1 spiro atoms. The zero-order valence-electron chi connectivity index (χ0n) is 16.4. The van der Waals surface area contributed by atoms with Crippen molar-refractivity contribution in [3.63, 3.8) is 0 Å². The van der Waals surface area contributed by atoms with E-state index in [-0.39, 0.29) is 11.8 Å². The summed E-state index contributed by atoms with van der Waals surface area (Å²) >= 11 is 0. The predicted molar refractivity (Wildman–Crippen MR) is 103 cm³/mol. The van der Waals surface area contributed by atoms with Crippen molar-refractivity contribution in [1.29, 1.82) is 0 Å². The number of hydrogen-bond donors (Lipinski definition) is 1. The lowest BCUT2D eigenvalue weighted by atomic mass is 9.88. The number of aromatic amines is 1. The molecule has 2 fully saturated rings. The van der Waals surface area contributed by atoms with Gasteiger partial charge in [-0.2, -0.15) is 5.10 Å². The SMILES string of the molecule is O=C(c1ccn[nH]1)N1CCC2(CC1)O[C@H](C(=O)N1CCCCC1)Cn1ccnc12. The first-order valence-corrected chi connectivity index (χ1v) is 10.4. The summed E-state index contributed by atoms with van der Waals surface area (Å²) in [5.74, 6) is 0.894. The Morgan fingerprint density at radius 3 is 2.59 bits per heavy atom. The van der Waals surface area contributed by atoms with Crippen LogP contribution >= 0.6 is 0 Å². The van der Waals surface area contributed by atoms with E-state index in [2.05, 4.69) is 19.7 Å². The number of hydrogen-bond acceptors (Lipinski definition) is 5. The van der Waals surface area contributed by atoms with Gasteiger partial charge in [0.2, 0.25) is 0 Å². The van der Waals surface area contributed by atoms with Crippen LogP contribution in [0.5, 0.6) is 0 Å². The fourth-order valence-corrected chi connectivity index (χ4v) is 4.80. The van der Waals surface area contributed by atoms with Gasteiger partial charge in [-0.15, -0.1) is 0 Å². The molecule has 154 valence electrons.